The van der Waals surface area contributed by atoms with Crippen molar-refractivity contribution in [1.82, 2.24) is 10.2 Å². The van der Waals surface area contributed by atoms with Gasteiger partial charge in [0.05, 0.1) is 10.6 Å². The van der Waals surface area contributed by atoms with Gasteiger partial charge in [0, 0.05) is 12.6 Å². The van der Waals surface area contributed by atoms with Gasteiger partial charge in [-0.25, -0.2) is 12.8 Å². The van der Waals surface area contributed by atoms with Gasteiger partial charge in [-0.3, -0.25) is 13.9 Å². The minimum absolute atomic E-state index is 0.0104. The Labute approximate surface area is 258 Å². The Morgan fingerprint density at radius 2 is 1.41 bits per heavy atom. The number of anilines is 1. The van der Waals surface area contributed by atoms with Crippen molar-refractivity contribution in [3.63, 3.8) is 0 Å². The first-order valence-electron chi connectivity index (χ1n) is 14.2. The normalized spacial score (nSPS) is 12.0. The molecule has 0 aliphatic heterocycles. The lowest BCUT2D eigenvalue weighted by molar-refractivity contribution is -0.139. The molecule has 44 heavy (non-hydrogen) atoms. The van der Waals surface area contributed by atoms with E-state index in [1.165, 1.54) is 41.3 Å². The van der Waals surface area contributed by atoms with Crippen molar-refractivity contribution in [2.24, 2.45) is 0 Å². The third-order valence-electron chi connectivity index (χ3n) is 6.86. The fourth-order valence-electron chi connectivity index (χ4n) is 4.45. The smallest absolute Gasteiger partial charge is 0.264 e. The van der Waals surface area contributed by atoms with E-state index in [2.05, 4.69) is 5.32 Å². The summed E-state index contributed by atoms with van der Waals surface area (Å²) < 4.78 is 48.6. The zero-order valence-electron chi connectivity index (χ0n) is 25.1. The molecule has 0 fully saturated rings. The number of sulfonamides is 1. The molecule has 4 aromatic carbocycles. The molecule has 2 amide bonds. The second kappa shape index (κ2) is 14.2. The molecule has 10 heteroatoms. The monoisotopic (exact) mass is 617 g/mol. The molecular formula is C34H36FN3O5S. The maximum absolute atomic E-state index is 14.0. The summed E-state index contributed by atoms with van der Waals surface area (Å²) in [5.74, 6) is -0.348. The van der Waals surface area contributed by atoms with Crippen LogP contribution in [0.5, 0.6) is 11.5 Å². The molecule has 0 saturated carbocycles. The van der Waals surface area contributed by atoms with Crippen LogP contribution in [0.15, 0.2) is 108 Å². The van der Waals surface area contributed by atoms with Gasteiger partial charge < -0.3 is 15.0 Å². The average molecular weight is 618 g/mol. The Morgan fingerprint density at radius 3 is 2.00 bits per heavy atom. The number of ether oxygens (including phenoxy) is 1. The van der Waals surface area contributed by atoms with E-state index in [9.17, 15) is 22.4 Å². The second-order valence-electron chi connectivity index (χ2n) is 10.7. The summed E-state index contributed by atoms with van der Waals surface area (Å²) in [4.78, 5) is 28.3. The number of nitrogens with zero attached hydrogens (tertiary/aromatic N) is 2. The summed E-state index contributed by atoms with van der Waals surface area (Å²) in [7, 11) is -4.22. The summed E-state index contributed by atoms with van der Waals surface area (Å²) in [6.45, 7) is 6.41. The van der Waals surface area contributed by atoms with Crippen LogP contribution in [0.1, 0.15) is 31.9 Å². The maximum Gasteiger partial charge on any atom is 0.264 e. The van der Waals surface area contributed by atoms with Crippen molar-refractivity contribution in [3.05, 3.63) is 120 Å². The fourth-order valence-corrected chi connectivity index (χ4v) is 5.86. The largest absolute Gasteiger partial charge is 0.457 e. The minimum atomic E-state index is -4.22. The van der Waals surface area contributed by atoms with Crippen molar-refractivity contribution in [2.75, 3.05) is 10.8 Å². The number of hydrogen-bond acceptors (Lipinski definition) is 5. The van der Waals surface area contributed by atoms with Crippen molar-refractivity contribution >= 4 is 27.5 Å². The van der Waals surface area contributed by atoms with Gasteiger partial charge in [-0.15, -0.1) is 0 Å². The number of carbonyl (C=O) groups excluding carboxylic acids is 2. The second-order valence-corrected chi connectivity index (χ2v) is 12.6. The molecule has 4 rings (SSSR count). The Balaban J connectivity index is 1.70. The van der Waals surface area contributed by atoms with Gasteiger partial charge in [0.25, 0.3) is 10.0 Å². The van der Waals surface area contributed by atoms with Gasteiger partial charge in [-0.05, 0) is 93.9 Å². The van der Waals surface area contributed by atoms with Crippen LogP contribution in [0.2, 0.25) is 0 Å². The Kier molecular flexibility index (Phi) is 10.4. The molecule has 0 spiro atoms. The van der Waals surface area contributed by atoms with E-state index in [0.717, 1.165) is 9.87 Å². The van der Waals surface area contributed by atoms with Gasteiger partial charge in [-0.2, -0.15) is 0 Å². The maximum atomic E-state index is 14.0. The van der Waals surface area contributed by atoms with E-state index in [4.69, 9.17) is 4.74 Å². The van der Waals surface area contributed by atoms with Gasteiger partial charge in [0.2, 0.25) is 11.8 Å². The summed E-state index contributed by atoms with van der Waals surface area (Å²) in [6.07, 6.45) is 0. The van der Waals surface area contributed by atoms with Crippen LogP contribution < -0.4 is 14.4 Å². The highest BCUT2D eigenvalue weighted by Gasteiger charge is 2.32. The van der Waals surface area contributed by atoms with Crippen LogP contribution in [-0.4, -0.2) is 43.8 Å². The SMILES string of the molecule is Cc1ccc(S(=O)(=O)N(CC(=O)N(Cc2ccc(F)cc2)C(C)C(=O)NC(C)C)c2ccc(Oc3ccccc3)cc2)cc1. The zero-order chi connectivity index (χ0) is 31.9. The molecule has 0 radical (unpaired) electrons. The number of halogens is 1. The van der Waals surface area contributed by atoms with E-state index in [0.29, 0.717) is 17.1 Å². The summed E-state index contributed by atoms with van der Waals surface area (Å²) >= 11 is 0. The van der Waals surface area contributed by atoms with Crippen LogP contribution in [0.25, 0.3) is 0 Å². The van der Waals surface area contributed by atoms with Crippen LogP contribution in [-0.2, 0) is 26.2 Å². The zero-order valence-corrected chi connectivity index (χ0v) is 25.9. The van der Waals surface area contributed by atoms with Crippen LogP contribution in [0.3, 0.4) is 0 Å². The van der Waals surface area contributed by atoms with Gasteiger partial charge in [0.1, 0.15) is 29.9 Å². The topological polar surface area (TPSA) is 96.0 Å². The minimum Gasteiger partial charge on any atom is -0.457 e. The average Bonchev–Trinajstić information content (AvgIpc) is 3.00. The lowest BCUT2D eigenvalue weighted by atomic mass is 10.1. The summed E-state index contributed by atoms with van der Waals surface area (Å²) in [5.41, 5.74) is 1.70. The third-order valence-corrected chi connectivity index (χ3v) is 8.64. The van der Waals surface area contributed by atoms with E-state index in [1.54, 1.807) is 69.3 Å². The molecule has 1 atom stereocenters. The molecule has 1 N–H and O–H groups in total. The standard InChI is InChI=1S/C34H36FN3O5S/c1-24(2)36-34(40)26(4)37(22-27-12-14-28(35)15-13-27)33(39)23-38(44(41,42)32-20-10-25(3)11-21-32)29-16-18-31(19-17-29)43-30-8-6-5-7-9-30/h5-21,24,26H,22-23H2,1-4H3,(H,36,40). The molecule has 0 heterocycles. The van der Waals surface area contributed by atoms with Gasteiger partial charge >= 0.3 is 0 Å². The van der Waals surface area contributed by atoms with Crippen LogP contribution >= 0.6 is 0 Å². The number of para-hydroxylation sites is 1. The number of amides is 2. The highest BCUT2D eigenvalue weighted by atomic mass is 32.2. The number of benzene rings is 4. The number of rotatable bonds is 12. The highest BCUT2D eigenvalue weighted by molar-refractivity contribution is 7.92. The van der Waals surface area contributed by atoms with E-state index < -0.39 is 40.2 Å². The number of carbonyl (C=O) groups is 2. The van der Waals surface area contributed by atoms with E-state index >= 15 is 0 Å². The Morgan fingerprint density at radius 1 is 0.818 bits per heavy atom. The van der Waals surface area contributed by atoms with Crippen molar-refractivity contribution in [1.29, 1.82) is 0 Å². The molecular weight excluding hydrogens is 581 g/mol. The van der Waals surface area contributed by atoms with Crippen molar-refractivity contribution in [3.8, 4) is 11.5 Å². The lowest BCUT2D eigenvalue weighted by Gasteiger charge is -2.32. The predicted molar refractivity (Wildman–Crippen MR) is 168 cm³/mol. The van der Waals surface area contributed by atoms with Crippen molar-refractivity contribution < 1.29 is 27.1 Å². The van der Waals surface area contributed by atoms with Crippen LogP contribution in [0.4, 0.5) is 10.1 Å². The fraction of sp³-hybridized carbons (Fsp3) is 0.235. The lowest BCUT2D eigenvalue weighted by Crippen LogP contribution is -2.52. The molecule has 0 bridgehead atoms. The number of nitrogens with one attached hydrogen (secondary N) is 1. The van der Waals surface area contributed by atoms with Gasteiger partial charge in [-0.1, -0.05) is 48.0 Å². The molecule has 0 saturated heterocycles. The quantitative estimate of drug-likeness (QED) is 0.208. The molecule has 0 aliphatic carbocycles. The summed E-state index contributed by atoms with van der Waals surface area (Å²) in [5, 5.41) is 2.81. The number of hydrogen-bond donors (Lipinski definition) is 1. The first-order chi connectivity index (χ1) is 20.9. The predicted octanol–water partition coefficient (Wildman–Crippen LogP) is 6.06. The van der Waals surface area contributed by atoms with E-state index in [1.807, 2.05) is 25.1 Å². The molecule has 1 unspecified atom stereocenters. The molecule has 4 aromatic rings. The van der Waals surface area contributed by atoms with E-state index in [-0.39, 0.29) is 23.2 Å². The summed E-state index contributed by atoms with van der Waals surface area (Å²) in [6, 6.07) is 26.3. The number of aryl methyl sites for hydroxylation is 1. The molecule has 0 aliphatic rings. The first-order valence-corrected chi connectivity index (χ1v) is 15.6. The molecule has 8 nitrogen and oxygen atoms in total. The van der Waals surface area contributed by atoms with Crippen molar-refractivity contribution in [2.45, 2.75) is 51.2 Å². The Bertz CT molecular complexity index is 1660. The third kappa shape index (κ3) is 8.23. The Hall–Kier alpha value is -4.70. The first kappa shape index (κ1) is 32.2. The van der Waals surface area contributed by atoms with Gasteiger partial charge in [0.15, 0.2) is 0 Å². The highest BCUT2D eigenvalue weighted by Crippen LogP contribution is 2.29. The molecule has 0 aromatic heterocycles. The molecule has 230 valence electrons. The van der Waals surface area contributed by atoms with Crippen LogP contribution in [0, 0.1) is 12.7 Å².